The predicted molar refractivity (Wildman–Crippen MR) is 98.6 cm³/mol. The van der Waals surface area contributed by atoms with Crippen LogP contribution in [0.3, 0.4) is 0 Å². The molecule has 2 aliphatic heterocycles. The van der Waals surface area contributed by atoms with E-state index < -0.39 is 6.04 Å². The van der Waals surface area contributed by atoms with E-state index in [0.717, 1.165) is 24.3 Å². The molecule has 2 fully saturated rings. The highest BCUT2D eigenvalue weighted by Gasteiger charge is 2.47. The number of nitrogens with zero attached hydrogens (tertiary/aromatic N) is 1. The zero-order chi connectivity index (χ0) is 19.4. The van der Waals surface area contributed by atoms with Crippen LogP contribution in [0.4, 0.5) is 5.69 Å². The second-order valence-corrected chi connectivity index (χ2v) is 6.95. The summed E-state index contributed by atoms with van der Waals surface area (Å²) in [6.45, 7) is 5.94. The van der Waals surface area contributed by atoms with E-state index in [-0.39, 0.29) is 30.1 Å². The van der Waals surface area contributed by atoms with Crippen LogP contribution in [0.25, 0.3) is 0 Å². The van der Waals surface area contributed by atoms with E-state index in [1.165, 1.54) is 4.90 Å². The molecule has 146 valence electrons. The third-order valence-electron chi connectivity index (χ3n) is 5.22. The molecule has 2 saturated heterocycles. The van der Waals surface area contributed by atoms with Gasteiger partial charge in [0.25, 0.3) is 5.91 Å². The summed E-state index contributed by atoms with van der Waals surface area (Å²) in [5.41, 5.74) is 0.564. The van der Waals surface area contributed by atoms with Gasteiger partial charge in [0.2, 0.25) is 5.91 Å². The first-order chi connectivity index (χ1) is 13.0. The van der Waals surface area contributed by atoms with Crippen LogP contribution >= 0.6 is 0 Å². The van der Waals surface area contributed by atoms with Crippen LogP contribution in [-0.4, -0.2) is 50.1 Å². The van der Waals surface area contributed by atoms with Gasteiger partial charge in [-0.15, -0.1) is 0 Å². The smallest absolute Gasteiger partial charge is 0.314 e. The monoisotopic (exact) mass is 375 g/mol. The second-order valence-electron chi connectivity index (χ2n) is 6.95. The van der Waals surface area contributed by atoms with Crippen molar-refractivity contribution in [2.45, 2.75) is 39.2 Å². The van der Waals surface area contributed by atoms with Crippen molar-refractivity contribution in [1.82, 2.24) is 0 Å². The van der Waals surface area contributed by atoms with Crippen molar-refractivity contribution in [1.29, 1.82) is 0 Å². The quantitative estimate of drug-likeness (QED) is 0.581. The van der Waals surface area contributed by atoms with Crippen LogP contribution in [0.2, 0.25) is 0 Å². The van der Waals surface area contributed by atoms with Crippen molar-refractivity contribution >= 4 is 23.5 Å². The van der Waals surface area contributed by atoms with Crippen molar-refractivity contribution in [2.24, 2.45) is 5.92 Å². The molecule has 1 N–H and O–H groups in total. The van der Waals surface area contributed by atoms with Gasteiger partial charge in [0.05, 0.1) is 38.4 Å². The number of benzene rings is 1. The van der Waals surface area contributed by atoms with Crippen molar-refractivity contribution in [2.75, 3.05) is 31.2 Å². The van der Waals surface area contributed by atoms with Crippen LogP contribution in [-0.2, 0) is 19.1 Å². The molecule has 2 heterocycles. The number of esters is 1. The first-order valence-electron chi connectivity index (χ1n) is 9.66. The molecule has 0 aliphatic carbocycles. The summed E-state index contributed by atoms with van der Waals surface area (Å²) in [5, 5.41) is 0. The van der Waals surface area contributed by atoms with Gasteiger partial charge in [-0.2, -0.15) is 0 Å². The summed E-state index contributed by atoms with van der Waals surface area (Å²) >= 11 is 0. The summed E-state index contributed by atoms with van der Waals surface area (Å²) in [6.07, 6.45) is 1.80. The number of hydrogen-bond acceptors (Lipinski definition) is 5. The molecule has 27 heavy (non-hydrogen) atoms. The number of carbonyl (C=O) groups excluding carboxylic acids is 3. The first kappa shape index (κ1) is 19.4. The Labute approximate surface area is 159 Å². The molecule has 2 amide bonds. The molecule has 7 nitrogen and oxygen atoms in total. The first-order valence-corrected chi connectivity index (χ1v) is 9.66. The topological polar surface area (TPSA) is 77.3 Å². The molecule has 0 saturated carbocycles. The molecule has 1 unspecified atom stereocenters. The summed E-state index contributed by atoms with van der Waals surface area (Å²) < 4.78 is 10.5. The number of rotatable bonds is 6. The number of ether oxygens (including phenoxy) is 2. The Hall–Kier alpha value is -2.41. The van der Waals surface area contributed by atoms with Gasteiger partial charge in [0.15, 0.2) is 6.04 Å². The third-order valence-corrected chi connectivity index (χ3v) is 5.22. The Bertz CT molecular complexity index is 703. The minimum Gasteiger partial charge on any atom is -0.494 e. The number of anilines is 1. The maximum Gasteiger partial charge on any atom is 0.314 e. The number of carbonyl (C=O) groups is 3. The van der Waals surface area contributed by atoms with Gasteiger partial charge in [0.1, 0.15) is 11.7 Å². The highest BCUT2D eigenvalue weighted by Crippen LogP contribution is 2.25. The molecular formula is C20H27N2O5+. The fourth-order valence-corrected chi connectivity index (χ4v) is 3.95. The number of imide groups is 1. The van der Waals surface area contributed by atoms with Crippen LogP contribution < -0.4 is 14.5 Å². The van der Waals surface area contributed by atoms with Crippen molar-refractivity contribution in [3.63, 3.8) is 0 Å². The fraction of sp³-hybridized carbons (Fsp3) is 0.550. The van der Waals surface area contributed by atoms with Gasteiger partial charge in [-0.1, -0.05) is 0 Å². The lowest BCUT2D eigenvalue weighted by Crippen LogP contribution is -3.18. The summed E-state index contributed by atoms with van der Waals surface area (Å²) in [4.78, 5) is 39.8. The Kier molecular flexibility index (Phi) is 6.11. The van der Waals surface area contributed by atoms with Crippen LogP contribution in [0.1, 0.15) is 33.1 Å². The number of quaternary nitrogens is 1. The molecule has 0 bridgehead atoms. The molecule has 0 spiro atoms. The van der Waals surface area contributed by atoms with Gasteiger partial charge in [-0.25, -0.2) is 4.90 Å². The van der Waals surface area contributed by atoms with E-state index in [1.807, 2.05) is 6.92 Å². The van der Waals surface area contributed by atoms with E-state index >= 15 is 0 Å². The van der Waals surface area contributed by atoms with E-state index in [9.17, 15) is 14.4 Å². The molecular weight excluding hydrogens is 348 g/mol. The Morgan fingerprint density at radius 3 is 2.59 bits per heavy atom. The average molecular weight is 375 g/mol. The molecule has 0 radical (unpaired) electrons. The van der Waals surface area contributed by atoms with Crippen molar-refractivity contribution in [3.05, 3.63) is 24.3 Å². The maximum absolute atomic E-state index is 13.0. The normalized spacial score (nSPS) is 25.6. The number of hydrogen-bond donors (Lipinski definition) is 1. The van der Waals surface area contributed by atoms with Gasteiger partial charge in [-0.3, -0.25) is 14.4 Å². The second kappa shape index (κ2) is 8.52. The van der Waals surface area contributed by atoms with Crippen LogP contribution in [0.5, 0.6) is 5.75 Å². The molecule has 2 aliphatic rings. The standard InChI is InChI=1S/C20H26N2O5/c1-3-26-16-9-7-15(8-10-16)22-18(23)12-17(19(22)24)21-11-5-6-14(13-21)20(25)27-4-2/h7-10,14,17H,3-6,11-13H2,1-2H3/p+1/t14-,17+/m0/s1. The minimum absolute atomic E-state index is 0.178. The van der Waals surface area contributed by atoms with Gasteiger partial charge in [0, 0.05) is 0 Å². The van der Waals surface area contributed by atoms with E-state index in [4.69, 9.17) is 9.47 Å². The number of amides is 2. The van der Waals surface area contributed by atoms with Gasteiger partial charge < -0.3 is 14.4 Å². The number of piperidine rings is 1. The molecule has 1 aromatic rings. The van der Waals surface area contributed by atoms with Crippen LogP contribution in [0.15, 0.2) is 24.3 Å². The lowest BCUT2D eigenvalue weighted by molar-refractivity contribution is -0.922. The number of nitrogens with one attached hydrogen (secondary N) is 1. The Morgan fingerprint density at radius 1 is 1.19 bits per heavy atom. The predicted octanol–water partition coefficient (Wildman–Crippen LogP) is 0.575. The fourth-order valence-electron chi connectivity index (χ4n) is 3.95. The zero-order valence-corrected chi connectivity index (χ0v) is 15.9. The third kappa shape index (κ3) is 4.13. The largest absolute Gasteiger partial charge is 0.494 e. The maximum atomic E-state index is 13.0. The van der Waals surface area contributed by atoms with Gasteiger partial charge >= 0.3 is 5.97 Å². The molecule has 0 aromatic heterocycles. The highest BCUT2D eigenvalue weighted by atomic mass is 16.5. The Balaban J connectivity index is 1.70. The summed E-state index contributed by atoms with van der Waals surface area (Å²) in [6, 6.07) is 6.56. The zero-order valence-electron chi connectivity index (χ0n) is 15.9. The SMILES string of the molecule is CCOC(=O)[C@H]1CCC[NH+]([C@@H]2CC(=O)N(c3ccc(OCC)cc3)C2=O)C1. The van der Waals surface area contributed by atoms with Crippen molar-refractivity contribution in [3.8, 4) is 5.75 Å². The summed E-state index contributed by atoms with van der Waals surface area (Å²) in [5.74, 6) is -0.0783. The molecule has 7 heteroatoms. The van der Waals surface area contributed by atoms with Crippen LogP contribution in [0, 0.1) is 5.92 Å². The molecule has 3 atom stereocenters. The van der Waals surface area contributed by atoms with E-state index in [0.29, 0.717) is 31.2 Å². The van der Waals surface area contributed by atoms with E-state index in [1.54, 1.807) is 31.2 Å². The Morgan fingerprint density at radius 2 is 1.93 bits per heavy atom. The average Bonchev–Trinajstić information content (AvgIpc) is 2.97. The molecule has 3 rings (SSSR count). The van der Waals surface area contributed by atoms with E-state index in [2.05, 4.69) is 0 Å². The van der Waals surface area contributed by atoms with Gasteiger partial charge in [-0.05, 0) is 51.0 Å². The highest BCUT2D eigenvalue weighted by molar-refractivity contribution is 6.21. The summed E-state index contributed by atoms with van der Waals surface area (Å²) in [7, 11) is 0. The lowest BCUT2D eigenvalue weighted by atomic mass is 9.96. The minimum atomic E-state index is -0.429. The molecule has 1 aromatic carbocycles. The number of likely N-dealkylation sites (tertiary alicyclic amines) is 1. The van der Waals surface area contributed by atoms with Crippen molar-refractivity contribution < 1.29 is 28.8 Å². The lowest BCUT2D eigenvalue weighted by Gasteiger charge is -2.31.